The van der Waals surface area contributed by atoms with Crippen LogP contribution in [-0.4, -0.2) is 76.2 Å². The molecule has 242 valence electrons. The zero-order valence-electron chi connectivity index (χ0n) is 23.1. The van der Waals surface area contributed by atoms with Gasteiger partial charge in [0.05, 0.1) is 11.5 Å². The summed E-state index contributed by atoms with van der Waals surface area (Å²) < 4.78 is 47.6. The molecule has 0 saturated carbocycles. The second kappa shape index (κ2) is 10.7. The zero-order valence-corrected chi connectivity index (χ0v) is 23.9. The molecule has 0 radical (unpaired) electrons. The molecule has 6 rings (SSSR count). The van der Waals surface area contributed by atoms with Crippen molar-refractivity contribution in [2.75, 3.05) is 0 Å². The van der Waals surface area contributed by atoms with Gasteiger partial charge in [0, 0.05) is 29.3 Å². The van der Waals surface area contributed by atoms with Crippen molar-refractivity contribution in [3.05, 3.63) is 82.4 Å². The maximum atomic E-state index is 12.7. The Morgan fingerprint density at radius 2 is 1.07 bits per heavy atom. The van der Waals surface area contributed by atoms with E-state index < -0.39 is 109 Å². The summed E-state index contributed by atoms with van der Waals surface area (Å²) in [6, 6.07) is 9.21. The molecule has 15 nitrogen and oxygen atoms in total. The SMILES string of the molecule is O=S(=O)(O)C1c2c(O)cc(O)c(C3c4c(O)cc(O)cc4OC(c4ccc(O)c(O)c4)C3O)c2OC(c2ccc(O)c(O)c2)C1O. The fraction of sp³-hybridized carbons (Fsp3) is 0.200. The van der Waals surface area contributed by atoms with Crippen LogP contribution < -0.4 is 9.47 Å². The molecule has 0 bridgehead atoms. The first-order valence-electron chi connectivity index (χ1n) is 13.4. The number of benzene rings is 4. The number of hydrogen-bond donors (Lipinski definition) is 11. The van der Waals surface area contributed by atoms with Gasteiger partial charge < -0.3 is 60.5 Å². The zero-order chi connectivity index (χ0) is 33.4. The highest BCUT2D eigenvalue weighted by Gasteiger charge is 2.51. The summed E-state index contributed by atoms with van der Waals surface area (Å²) in [6.07, 6.45) is -7.19. The highest BCUT2D eigenvalue weighted by Crippen LogP contribution is 2.59. The van der Waals surface area contributed by atoms with E-state index in [0.29, 0.717) is 6.07 Å². The van der Waals surface area contributed by atoms with Crippen LogP contribution >= 0.6 is 0 Å². The second-order valence-corrected chi connectivity index (χ2v) is 12.5. The molecule has 11 N–H and O–H groups in total. The van der Waals surface area contributed by atoms with Crippen molar-refractivity contribution in [2.45, 2.75) is 35.6 Å². The van der Waals surface area contributed by atoms with E-state index in [-0.39, 0.29) is 22.4 Å². The fourth-order valence-electron chi connectivity index (χ4n) is 6.06. The summed E-state index contributed by atoms with van der Waals surface area (Å²) in [7, 11) is -5.29. The normalized spacial score (nSPS) is 23.9. The molecule has 0 saturated heterocycles. The van der Waals surface area contributed by atoms with Gasteiger partial charge in [-0.3, -0.25) is 4.55 Å². The molecular weight excluding hydrogens is 632 g/mol. The Kier molecular flexibility index (Phi) is 7.12. The minimum absolute atomic E-state index is 0.0676. The molecule has 6 unspecified atom stereocenters. The lowest BCUT2D eigenvalue weighted by Crippen LogP contribution is -2.40. The van der Waals surface area contributed by atoms with E-state index in [1.165, 1.54) is 6.07 Å². The summed E-state index contributed by atoms with van der Waals surface area (Å²) >= 11 is 0. The van der Waals surface area contributed by atoms with E-state index in [1.54, 1.807) is 0 Å². The Bertz CT molecular complexity index is 1990. The van der Waals surface area contributed by atoms with Gasteiger partial charge in [0.1, 0.15) is 52.0 Å². The highest BCUT2D eigenvalue weighted by molar-refractivity contribution is 7.86. The molecule has 0 amide bonds. The highest BCUT2D eigenvalue weighted by atomic mass is 32.2. The van der Waals surface area contributed by atoms with E-state index in [0.717, 1.165) is 42.5 Å². The van der Waals surface area contributed by atoms with Gasteiger partial charge in [0.15, 0.2) is 35.2 Å². The number of hydrogen-bond acceptors (Lipinski definition) is 14. The van der Waals surface area contributed by atoms with Gasteiger partial charge in [0.25, 0.3) is 10.1 Å². The van der Waals surface area contributed by atoms with Gasteiger partial charge in [-0.1, -0.05) is 12.1 Å². The molecule has 2 heterocycles. The average molecular weight is 659 g/mol. The summed E-state index contributed by atoms with van der Waals surface area (Å²) in [6.45, 7) is 0. The van der Waals surface area contributed by atoms with Gasteiger partial charge in [-0.25, -0.2) is 0 Å². The van der Waals surface area contributed by atoms with Gasteiger partial charge in [-0.2, -0.15) is 8.42 Å². The van der Waals surface area contributed by atoms with Gasteiger partial charge >= 0.3 is 0 Å². The third-order valence-electron chi connectivity index (χ3n) is 8.07. The van der Waals surface area contributed by atoms with Crippen molar-refractivity contribution < 1.29 is 73.5 Å². The van der Waals surface area contributed by atoms with Crippen LogP contribution in [0.5, 0.6) is 57.5 Å². The van der Waals surface area contributed by atoms with Crippen molar-refractivity contribution in [3.8, 4) is 57.5 Å². The first-order valence-corrected chi connectivity index (χ1v) is 14.9. The lowest BCUT2D eigenvalue weighted by atomic mass is 9.77. The molecule has 16 heteroatoms. The fourth-order valence-corrected chi connectivity index (χ4v) is 7.08. The summed E-state index contributed by atoms with van der Waals surface area (Å²) in [5, 5.41) is 104. The molecule has 4 aromatic carbocycles. The minimum Gasteiger partial charge on any atom is -0.508 e. The van der Waals surface area contributed by atoms with Crippen LogP contribution in [0.1, 0.15) is 51.2 Å². The lowest BCUT2D eigenvalue weighted by Gasteiger charge is -2.41. The molecule has 0 spiro atoms. The van der Waals surface area contributed by atoms with Gasteiger partial charge in [-0.15, -0.1) is 0 Å². The number of rotatable bonds is 4. The Morgan fingerprint density at radius 1 is 0.543 bits per heavy atom. The summed E-state index contributed by atoms with van der Waals surface area (Å²) in [5.41, 5.74) is -1.48. The van der Waals surface area contributed by atoms with E-state index in [4.69, 9.17) is 9.47 Å². The van der Waals surface area contributed by atoms with Gasteiger partial charge in [0.2, 0.25) is 0 Å². The lowest BCUT2D eigenvalue weighted by molar-refractivity contribution is -0.000388. The van der Waals surface area contributed by atoms with E-state index in [2.05, 4.69) is 0 Å². The van der Waals surface area contributed by atoms with Crippen molar-refractivity contribution in [1.29, 1.82) is 0 Å². The van der Waals surface area contributed by atoms with Crippen LogP contribution in [0.15, 0.2) is 54.6 Å². The number of aromatic hydroxyl groups is 8. The Morgan fingerprint density at radius 3 is 1.61 bits per heavy atom. The third-order valence-corrected chi connectivity index (χ3v) is 9.23. The van der Waals surface area contributed by atoms with Crippen molar-refractivity contribution in [3.63, 3.8) is 0 Å². The summed E-state index contributed by atoms with van der Waals surface area (Å²) in [4.78, 5) is 0. The smallest absolute Gasteiger partial charge is 0.275 e. The number of aliphatic hydroxyl groups is 2. The van der Waals surface area contributed by atoms with Gasteiger partial charge in [-0.05, 0) is 35.4 Å². The molecular formula is C30H26O15S. The molecule has 2 aliphatic heterocycles. The maximum Gasteiger partial charge on any atom is 0.275 e. The second-order valence-electron chi connectivity index (χ2n) is 10.9. The third kappa shape index (κ3) is 4.83. The molecule has 0 aromatic heterocycles. The van der Waals surface area contributed by atoms with Crippen LogP contribution in [0, 0.1) is 0 Å². The van der Waals surface area contributed by atoms with E-state index >= 15 is 0 Å². The van der Waals surface area contributed by atoms with Crippen LogP contribution in [0.2, 0.25) is 0 Å². The molecule has 4 aromatic rings. The predicted molar refractivity (Wildman–Crippen MR) is 154 cm³/mol. The van der Waals surface area contributed by atoms with E-state index in [9.17, 15) is 64.0 Å². The Hall–Kier alpha value is -5.29. The standard InChI is InChI=1S/C30H26O15S/c31-12-7-17(36)21-20(8-12)44-27(10-1-3-13(32)15(34)5-10)25(39)24(21)22-18(37)9-19(38)23-29(22)45-28(26(40)30(23)46(41,42)43)11-2-4-14(33)16(35)6-11/h1-9,24-28,30-40H,(H,41,42,43). The maximum absolute atomic E-state index is 12.7. The number of ether oxygens (including phenoxy) is 2. The molecule has 6 atom stereocenters. The first-order chi connectivity index (χ1) is 21.6. The van der Waals surface area contributed by atoms with Crippen molar-refractivity contribution in [2.24, 2.45) is 0 Å². The molecule has 46 heavy (non-hydrogen) atoms. The topological polar surface area (TPSA) is 275 Å². The van der Waals surface area contributed by atoms with Crippen molar-refractivity contribution in [1.82, 2.24) is 0 Å². The average Bonchev–Trinajstić information content (AvgIpc) is 2.96. The summed E-state index contributed by atoms with van der Waals surface area (Å²) in [5.74, 6) is -7.76. The van der Waals surface area contributed by atoms with Crippen molar-refractivity contribution >= 4 is 10.1 Å². The number of aliphatic hydroxyl groups excluding tert-OH is 2. The largest absolute Gasteiger partial charge is 0.508 e. The molecule has 0 fully saturated rings. The van der Waals surface area contributed by atoms with Crippen LogP contribution in [0.3, 0.4) is 0 Å². The van der Waals surface area contributed by atoms with E-state index in [1.807, 2.05) is 0 Å². The minimum atomic E-state index is -5.29. The number of fused-ring (bicyclic) bond motifs is 2. The van der Waals surface area contributed by atoms with Crippen LogP contribution in [0.25, 0.3) is 0 Å². The quantitative estimate of drug-likeness (QED) is 0.111. The Labute approximate surface area is 259 Å². The monoisotopic (exact) mass is 658 g/mol. The molecule has 2 aliphatic rings. The van der Waals surface area contributed by atoms with Crippen LogP contribution in [-0.2, 0) is 10.1 Å². The predicted octanol–water partition coefficient (Wildman–Crippen LogP) is 2.38. The van der Waals surface area contributed by atoms with Crippen LogP contribution in [0.4, 0.5) is 0 Å². The number of phenolic OH excluding ortho intramolecular Hbond substituents is 8. The molecule has 0 aliphatic carbocycles. The Balaban J connectivity index is 1.64. The first kappa shape index (κ1) is 30.7. The number of phenols is 8.